The minimum Gasteiger partial charge on any atom is -0.456 e. The molecule has 10 aromatic rings. The molecule has 1 heterocycles. The van der Waals surface area contributed by atoms with Gasteiger partial charge in [0.15, 0.2) is 0 Å². The maximum absolute atomic E-state index is 8.39. The largest absolute Gasteiger partial charge is 0.456 e. The van der Waals surface area contributed by atoms with Crippen molar-refractivity contribution in [3.05, 3.63) is 194 Å². The van der Waals surface area contributed by atoms with Gasteiger partial charge < -0.3 is 4.42 Å². The van der Waals surface area contributed by atoms with Crippen molar-refractivity contribution < 1.29 is 11.3 Å². The van der Waals surface area contributed by atoms with E-state index in [1.54, 1.807) is 0 Å². The van der Waals surface area contributed by atoms with Crippen molar-refractivity contribution >= 4 is 43.5 Å². The van der Waals surface area contributed by atoms with Crippen LogP contribution in [-0.4, -0.2) is 0 Å². The molecule has 10 rings (SSSR count). The van der Waals surface area contributed by atoms with E-state index < -0.39 is 6.04 Å². The molecule has 0 spiro atoms. The molecule has 0 radical (unpaired) electrons. The van der Waals surface area contributed by atoms with Crippen molar-refractivity contribution in [2.75, 3.05) is 0 Å². The summed E-state index contributed by atoms with van der Waals surface area (Å²) in [7, 11) is 0. The van der Waals surface area contributed by atoms with Gasteiger partial charge in [-0.25, -0.2) is 0 Å². The van der Waals surface area contributed by atoms with Crippen LogP contribution in [0, 0.1) is 0 Å². The quantitative estimate of drug-likeness (QED) is 0.169. The third-order valence-corrected chi connectivity index (χ3v) is 9.98. The zero-order valence-electron chi connectivity index (χ0n) is 32.5. The second-order valence-corrected chi connectivity index (χ2v) is 12.9. The van der Waals surface area contributed by atoms with Crippen LogP contribution in [0.5, 0.6) is 0 Å². The molecular weight excluding hydrogens is 617 g/mol. The van der Waals surface area contributed by atoms with Crippen LogP contribution >= 0.6 is 0 Å². The molecule has 0 amide bonds. The van der Waals surface area contributed by atoms with Gasteiger partial charge in [-0.15, -0.1) is 0 Å². The molecule has 238 valence electrons. The number of benzene rings is 9. The van der Waals surface area contributed by atoms with Crippen LogP contribution in [-0.2, 0) is 0 Å². The Morgan fingerprint density at radius 1 is 0.333 bits per heavy atom. The average molecular weight is 654 g/mol. The third-order valence-electron chi connectivity index (χ3n) is 9.98. The first-order valence-electron chi connectivity index (χ1n) is 19.6. The van der Waals surface area contributed by atoms with Crippen LogP contribution in [0.4, 0.5) is 0 Å². The summed E-state index contributed by atoms with van der Waals surface area (Å²) in [5.74, 6) is 0. The van der Waals surface area contributed by atoms with Crippen molar-refractivity contribution in [3.8, 4) is 55.6 Å². The van der Waals surface area contributed by atoms with Gasteiger partial charge in [-0.3, -0.25) is 0 Å². The van der Waals surface area contributed by atoms with Crippen LogP contribution in [0.15, 0.2) is 198 Å². The molecule has 0 aliphatic heterocycles. The lowest BCUT2D eigenvalue weighted by Crippen LogP contribution is -1.91. The second kappa shape index (κ2) is 12.0. The maximum atomic E-state index is 8.39. The van der Waals surface area contributed by atoms with Crippen LogP contribution in [0.1, 0.15) is 6.85 Å². The van der Waals surface area contributed by atoms with Gasteiger partial charge in [0.2, 0.25) is 0 Å². The lowest BCUT2D eigenvalue weighted by molar-refractivity contribution is 0.669. The fourth-order valence-corrected chi connectivity index (χ4v) is 7.63. The molecule has 0 N–H and O–H groups in total. The smallest absolute Gasteiger partial charge is 0.136 e. The highest BCUT2D eigenvalue weighted by atomic mass is 16.3. The number of rotatable bonds is 5. The van der Waals surface area contributed by atoms with Crippen molar-refractivity contribution in [1.82, 2.24) is 0 Å². The van der Waals surface area contributed by atoms with E-state index in [1.807, 2.05) is 30.3 Å². The highest BCUT2D eigenvalue weighted by Crippen LogP contribution is 2.47. The molecule has 0 bridgehead atoms. The summed E-state index contributed by atoms with van der Waals surface area (Å²) in [4.78, 5) is 0. The van der Waals surface area contributed by atoms with Gasteiger partial charge in [0.1, 0.15) is 11.2 Å². The second-order valence-electron chi connectivity index (χ2n) is 12.9. The summed E-state index contributed by atoms with van der Waals surface area (Å²) >= 11 is 0. The minimum atomic E-state index is -0.391. The van der Waals surface area contributed by atoms with Gasteiger partial charge in [0.05, 0.1) is 6.85 Å². The molecule has 0 unspecified atom stereocenters. The molecular formula is C50H32O. The standard InChI is InChI=1S/C50H32O/c1-3-12-33(13-4-1)35-22-24-36(25-23-35)37-26-28-38(29-27-37)48-40-16-7-9-18-42(40)49(43-19-10-8-17-41(43)48)44-20-11-21-47-50(44)45-32-39(30-31-46(45)51-47)34-14-5-2-6-15-34/h1-32H/i1D,3D,4D,12D,13D. The molecule has 51 heavy (non-hydrogen) atoms. The van der Waals surface area contributed by atoms with Crippen molar-refractivity contribution in [2.24, 2.45) is 0 Å². The van der Waals surface area contributed by atoms with Crippen molar-refractivity contribution in [3.63, 3.8) is 0 Å². The van der Waals surface area contributed by atoms with Gasteiger partial charge in [0.25, 0.3) is 0 Å². The maximum Gasteiger partial charge on any atom is 0.136 e. The van der Waals surface area contributed by atoms with Crippen LogP contribution in [0.25, 0.3) is 99.1 Å². The highest BCUT2D eigenvalue weighted by Gasteiger charge is 2.20. The Morgan fingerprint density at radius 3 is 1.47 bits per heavy atom. The van der Waals surface area contributed by atoms with Gasteiger partial charge in [0, 0.05) is 10.8 Å². The predicted molar refractivity (Wildman–Crippen MR) is 216 cm³/mol. The molecule has 0 saturated carbocycles. The molecule has 9 aromatic carbocycles. The van der Waals surface area contributed by atoms with Crippen LogP contribution in [0.3, 0.4) is 0 Å². The summed E-state index contributed by atoms with van der Waals surface area (Å²) in [5, 5.41) is 6.83. The first kappa shape index (κ1) is 24.4. The van der Waals surface area contributed by atoms with Gasteiger partial charge in [-0.05, 0) is 95.4 Å². The van der Waals surface area contributed by atoms with E-state index >= 15 is 0 Å². The molecule has 1 heteroatoms. The Bertz CT molecular complexity index is 3080. The Kier molecular flexibility index (Phi) is 5.76. The minimum absolute atomic E-state index is 0.203. The lowest BCUT2D eigenvalue weighted by atomic mass is 9.84. The van der Waals surface area contributed by atoms with Crippen LogP contribution < -0.4 is 0 Å². The Hall–Kier alpha value is -6.70. The molecule has 0 aliphatic carbocycles. The van der Waals surface area contributed by atoms with Crippen LogP contribution in [0.2, 0.25) is 0 Å². The summed E-state index contributed by atoms with van der Waals surface area (Å²) in [6.45, 7) is 0. The Balaban J connectivity index is 1.10. The normalized spacial score (nSPS) is 12.9. The van der Waals surface area contributed by atoms with E-state index in [-0.39, 0.29) is 29.7 Å². The number of furan rings is 1. The summed E-state index contributed by atoms with van der Waals surface area (Å²) < 4.78 is 47.4. The topological polar surface area (TPSA) is 13.1 Å². The van der Waals surface area contributed by atoms with Crippen molar-refractivity contribution in [2.45, 2.75) is 0 Å². The fourth-order valence-electron chi connectivity index (χ4n) is 7.63. The SMILES string of the molecule is [2H]c1c([2H])c([2H])c(-c2ccc(-c3ccc(-c4c5ccccc5c(-c5cccc6oc7ccc(-c8ccccc8)cc7c56)c5ccccc45)cc3)cc2)c([2H])c1[2H]. The average Bonchev–Trinajstić information content (AvgIpc) is 3.63. The molecule has 1 aromatic heterocycles. The highest BCUT2D eigenvalue weighted by molar-refractivity contribution is 6.25. The van der Waals surface area contributed by atoms with Gasteiger partial charge >= 0.3 is 0 Å². The Morgan fingerprint density at radius 2 is 0.843 bits per heavy atom. The molecule has 0 atom stereocenters. The first-order chi connectivity index (χ1) is 27.4. The Labute approximate surface area is 303 Å². The van der Waals surface area contributed by atoms with E-state index in [4.69, 9.17) is 11.3 Å². The zero-order chi connectivity index (χ0) is 38.1. The van der Waals surface area contributed by atoms with Crippen molar-refractivity contribution in [1.29, 1.82) is 0 Å². The van der Waals surface area contributed by atoms with E-state index in [0.29, 0.717) is 5.56 Å². The van der Waals surface area contributed by atoms with Gasteiger partial charge in [-0.1, -0.05) is 176 Å². The molecule has 0 aliphatic rings. The van der Waals surface area contributed by atoms with E-state index in [1.165, 1.54) is 11.1 Å². The first-order valence-corrected chi connectivity index (χ1v) is 17.1. The summed E-state index contributed by atoms with van der Waals surface area (Å²) in [6.07, 6.45) is 0. The fraction of sp³-hybridized carbons (Fsp3) is 0. The summed E-state index contributed by atoms with van der Waals surface area (Å²) in [6, 6.07) is 55.2. The van der Waals surface area contributed by atoms with E-state index in [2.05, 4.69) is 133 Å². The predicted octanol–water partition coefficient (Wildman–Crippen LogP) is 14.2. The lowest BCUT2D eigenvalue weighted by Gasteiger charge is -2.18. The van der Waals surface area contributed by atoms with Gasteiger partial charge in [-0.2, -0.15) is 0 Å². The molecule has 1 nitrogen and oxygen atoms in total. The number of hydrogen-bond donors (Lipinski definition) is 0. The monoisotopic (exact) mass is 653 g/mol. The number of fused-ring (bicyclic) bond motifs is 5. The van der Waals surface area contributed by atoms with E-state index in [0.717, 1.165) is 76.9 Å². The number of hydrogen-bond acceptors (Lipinski definition) is 1. The summed E-state index contributed by atoms with van der Waals surface area (Å²) in [5.41, 5.74) is 11.4. The molecule has 0 fully saturated rings. The zero-order valence-corrected chi connectivity index (χ0v) is 27.5. The molecule has 0 saturated heterocycles. The van der Waals surface area contributed by atoms with E-state index in [9.17, 15) is 0 Å². The third kappa shape index (κ3) is 4.94.